The van der Waals surface area contributed by atoms with Crippen LogP contribution in [-0.4, -0.2) is 25.1 Å². The molecule has 0 bridgehead atoms. The van der Waals surface area contributed by atoms with Gasteiger partial charge in [0.2, 0.25) is 0 Å². The summed E-state index contributed by atoms with van der Waals surface area (Å²) in [5.74, 6) is 2.52. The third-order valence-corrected chi connectivity index (χ3v) is 4.55. The summed E-state index contributed by atoms with van der Waals surface area (Å²) in [6, 6.07) is 0.204. The Morgan fingerprint density at radius 3 is 2.95 bits per heavy atom. The molecule has 0 spiro atoms. The summed E-state index contributed by atoms with van der Waals surface area (Å²) in [5.41, 5.74) is 2.33. The number of hydrogen-bond acceptors (Lipinski definition) is 4. The molecule has 1 unspecified atom stereocenters. The number of aromatic nitrogens is 5. The molecule has 3 heterocycles. The van der Waals surface area contributed by atoms with E-state index in [-0.39, 0.29) is 6.04 Å². The Morgan fingerprint density at radius 2 is 2.05 bits per heavy atom. The smallest absolute Gasteiger partial charge is 0.153 e. The zero-order chi connectivity index (χ0) is 13.4. The summed E-state index contributed by atoms with van der Waals surface area (Å²) >= 11 is 0. The average molecular weight is 272 g/mol. The Bertz CT molecular complexity index is 580. The fourth-order valence-corrected chi connectivity index (χ4v) is 3.35. The number of fused-ring (bicyclic) bond motifs is 1. The van der Waals surface area contributed by atoms with Crippen LogP contribution >= 0.6 is 0 Å². The quantitative estimate of drug-likeness (QED) is 0.780. The minimum absolute atomic E-state index is 0.204. The molecule has 2 aromatic heterocycles. The van der Waals surface area contributed by atoms with Gasteiger partial charge in [-0.15, -0.1) is 0 Å². The molecule has 1 aliphatic carbocycles. The number of aromatic amines is 2. The van der Waals surface area contributed by atoms with Crippen molar-refractivity contribution in [2.45, 2.75) is 57.0 Å². The van der Waals surface area contributed by atoms with E-state index in [0.717, 1.165) is 30.3 Å². The Hall–Kier alpha value is -1.69. The summed E-state index contributed by atoms with van der Waals surface area (Å²) in [6.45, 7) is 0.819. The Labute approximate surface area is 117 Å². The zero-order valence-corrected chi connectivity index (χ0v) is 11.5. The molecule has 20 heavy (non-hydrogen) atoms. The van der Waals surface area contributed by atoms with Gasteiger partial charge in [-0.3, -0.25) is 5.10 Å². The highest BCUT2D eigenvalue weighted by Crippen LogP contribution is 2.31. The van der Waals surface area contributed by atoms with E-state index in [1.54, 1.807) is 6.33 Å². The van der Waals surface area contributed by atoms with Gasteiger partial charge in [-0.1, -0.05) is 19.3 Å². The van der Waals surface area contributed by atoms with Crippen molar-refractivity contribution in [3.05, 3.63) is 29.4 Å². The molecule has 2 aromatic rings. The van der Waals surface area contributed by atoms with Gasteiger partial charge in [0.05, 0.1) is 23.8 Å². The summed E-state index contributed by atoms with van der Waals surface area (Å²) in [5, 5.41) is 11.1. The van der Waals surface area contributed by atoms with Crippen molar-refractivity contribution in [2.75, 3.05) is 0 Å². The van der Waals surface area contributed by atoms with Crippen molar-refractivity contribution in [2.24, 2.45) is 0 Å². The number of H-pyrrole nitrogens is 2. The molecule has 1 fully saturated rings. The molecule has 6 heteroatoms. The molecule has 1 atom stereocenters. The third kappa shape index (κ3) is 2.14. The van der Waals surface area contributed by atoms with Crippen molar-refractivity contribution in [1.82, 2.24) is 30.5 Å². The first-order valence-electron chi connectivity index (χ1n) is 7.57. The van der Waals surface area contributed by atoms with Crippen LogP contribution in [0.5, 0.6) is 0 Å². The lowest BCUT2D eigenvalue weighted by atomic mass is 9.89. The van der Waals surface area contributed by atoms with Crippen LogP contribution in [0.4, 0.5) is 0 Å². The molecule has 0 saturated heterocycles. The maximum absolute atomic E-state index is 4.75. The van der Waals surface area contributed by atoms with Crippen molar-refractivity contribution in [3.63, 3.8) is 0 Å². The predicted molar refractivity (Wildman–Crippen MR) is 74.1 cm³/mol. The lowest BCUT2D eigenvalue weighted by Crippen LogP contribution is -2.29. The van der Waals surface area contributed by atoms with Crippen LogP contribution in [0.1, 0.15) is 67.1 Å². The first kappa shape index (κ1) is 12.1. The van der Waals surface area contributed by atoms with Crippen LogP contribution in [0, 0.1) is 0 Å². The Balaban J connectivity index is 1.51. The van der Waals surface area contributed by atoms with Gasteiger partial charge in [0.25, 0.3) is 0 Å². The van der Waals surface area contributed by atoms with Crippen LogP contribution in [0.2, 0.25) is 0 Å². The third-order valence-electron chi connectivity index (χ3n) is 4.55. The van der Waals surface area contributed by atoms with Gasteiger partial charge >= 0.3 is 0 Å². The van der Waals surface area contributed by atoms with Gasteiger partial charge in [-0.05, 0) is 12.8 Å². The highest BCUT2D eigenvalue weighted by Gasteiger charge is 2.26. The van der Waals surface area contributed by atoms with Gasteiger partial charge < -0.3 is 10.3 Å². The van der Waals surface area contributed by atoms with E-state index in [2.05, 4.69) is 25.5 Å². The molecular weight excluding hydrogens is 252 g/mol. The lowest BCUT2D eigenvalue weighted by Gasteiger charge is -2.21. The van der Waals surface area contributed by atoms with Crippen molar-refractivity contribution in [1.29, 1.82) is 0 Å². The fourth-order valence-electron chi connectivity index (χ4n) is 3.35. The number of hydrogen-bond donors (Lipinski definition) is 3. The average Bonchev–Trinajstić information content (AvgIpc) is 3.16. The number of rotatable bonds is 2. The molecule has 0 radical (unpaired) electrons. The number of nitrogens with one attached hydrogen (secondary N) is 3. The molecule has 2 aliphatic rings. The normalized spacial score (nSPS) is 23.7. The summed E-state index contributed by atoms with van der Waals surface area (Å²) in [6.07, 6.45) is 9.10. The van der Waals surface area contributed by atoms with Gasteiger partial charge in [0, 0.05) is 18.9 Å². The first-order chi connectivity index (χ1) is 9.90. The second-order valence-corrected chi connectivity index (χ2v) is 5.88. The van der Waals surface area contributed by atoms with E-state index in [1.807, 2.05) is 0 Å². The summed E-state index contributed by atoms with van der Waals surface area (Å²) < 4.78 is 0. The Morgan fingerprint density at radius 1 is 1.15 bits per heavy atom. The van der Waals surface area contributed by atoms with Crippen LogP contribution in [-0.2, 0) is 13.0 Å². The van der Waals surface area contributed by atoms with Crippen molar-refractivity contribution >= 4 is 0 Å². The van der Waals surface area contributed by atoms with Crippen LogP contribution in [0.25, 0.3) is 0 Å². The topological polar surface area (TPSA) is 82.3 Å². The highest BCUT2D eigenvalue weighted by molar-refractivity contribution is 5.18. The van der Waals surface area contributed by atoms with Crippen molar-refractivity contribution in [3.8, 4) is 0 Å². The largest absolute Gasteiger partial charge is 0.347 e. The highest BCUT2D eigenvalue weighted by atomic mass is 15.2. The zero-order valence-electron chi connectivity index (χ0n) is 11.5. The molecular formula is C14H20N6. The molecule has 0 amide bonds. The van der Waals surface area contributed by atoms with Crippen LogP contribution in [0.3, 0.4) is 0 Å². The maximum Gasteiger partial charge on any atom is 0.153 e. The minimum Gasteiger partial charge on any atom is -0.347 e. The number of nitrogens with zero attached hydrogens (tertiary/aromatic N) is 3. The van der Waals surface area contributed by atoms with Crippen molar-refractivity contribution < 1.29 is 0 Å². The van der Waals surface area contributed by atoms with E-state index in [4.69, 9.17) is 4.98 Å². The first-order valence-corrected chi connectivity index (χ1v) is 7.57. The predicted octanol–water partition coefficient (Wildman–Crippen LogP) is 1.96. The monoisotopic (exact) mass is 272 g/mol. The fraction of sp³-hybridized carbons (Fsp3) is 0.643. The minimum atomic E-state index is 0.204. The van der Waals surface area contributed by atoms with E-state index >= 15 is 0 Å². The van der Waals surface area contributed by atoms with E-state index in [1.165, 1.54) is 37.8 Å². The molecule has 3 N–H and O–H groups in total. The van der Waals surface area contributed by atoms with Gasteiger partial charge in [0.15, 0.2) is 5.82 Å². The molecule has 1 aliphatic heterocycles. The second kappa shape index (κ2) is 5.01. The van der Waals surface area contributed by atoms with Gasteiger partial charge in [0.1, 0.15) is 5.82 Å². The van der Waals surface area contributed by atoms with Crippen LogP contribution in [0.15, 0.2) is 6.33 Å². The lowest BCUT2D eigenvalue weighted by molar-refractivity contribution is 0.428. The molecule has 1 saturated carbocycles. The molecule has 0 aromatic carbocycles. The SMILES string of the molecule is c1nc2c([nH]1)CNC(c1nc(C3CCCCC3)n[nH]1)C2. The summed E-state index contributed by atoms with van der Waals surface area (Å²) in [4.78, 5) is 12.3. The van der Waals surface area contributed by atoms with E-state index < -0.39 is 0 Å². The second-order valence-electron chi connectivity index (χ2n) is 5.88. The summed E-state index contributed by atoms with van der Waals surface area (Å²) in [7, 11) is 0. The van der Waals surface area contributed by atoms with Gasteiger partial charge in [-0.2, -0.15) is 5.10 Å². The van der Waals surface area contributed by atoms with E-state index in [0.29, 0.717) is 5.92 Å². The van der Waals surface area contributed by atoms with Gasteiger partial charge in [-0.25, -0.2) is 9.97 Å². The van der Waals surface area contributed by atoms with Crippen LogP contribution < -0.4 is 5.32 Å². The maximum atomic E-state index is 4.75. The molecule has 4 rings (SSSR count). The Kier molecular flexibility index (Phi) is 3.03. The molecule has 6 nitrogen and oxygen atoms in total. The molecule has 106 valence electrons. The number of imidazole rings is 1. The standard InChI is InChI=1S/C14H20N6/c1-2-4-9(5-3-1)13-18-14(20-19-13)11-6-10-12(7-15-11)17-8-16-10/h8-9,11,15H,1-7H2,(H,16,17)(H,18,19,20). The van der Waals surface area contributed by atoms with E-state index in [9.17, 15) is 0 Å².